The molecule has 1 N–H and O–H groups in total. The molecule has 21 heavy (non-hydrogen) atoms. The van der Waals surface area contributed by atoms with Gasteiger partial charge in [-0.1, -0.05) is 11.6 Å². The summed E-state index contributed by atoms with van der Waals surface area (Å²) in [7, 11) is 2.98. The number of benzene rings is 2. The van der Waals surface area contributed by atoms with Crippen LogP contribution in [-0.2, 0) is 6.54 Å². The van der Waals surface area contributed by atoms with Gasteiger partial charge in [-0.3, -0.25) is 0 Å². The molecule has 0 aliphatic heterocycles. The summed E-state index contributed by atoms with van der Waals surface area (Å²) < 4.78 is 37.0. The quantitative estimate of drug-likeness (QED) is 0.895. The predicted octanol–water partition coefficient (Wildman–Crippen LogP) is 4.25. The summed E-state index contributed by atoms with van der Waals surface area (Å²) in [5, 5.41) is 3.38. The van der Waals surface area contributed by atoms with Gasteiger partial charge in [0.25, 0.3) is 0 Å². The molecule has 2 aromatic rings. The van der Waals surface area contributed by atoms with E-state index in [2.05, 4.69) is 5.32 Å². The van der Waals surface area contributed by atoms with E-state index in [1.54, 1.807) is 12.1 Å². The van der Waals surface area contributed by atoms with Gasteiger partial charge in [-0.05, 0) is 18.2 Å². The fourth-order valence-corrected chi connectivity index (χ4v) is 2.10. The van der Waals surface area contributed by atoms with Crippen molar-refractivity contribution in [1.29, 1.82) is 0 Å². The molecule has 112 valence electrons. The second-order valence-electron chi connectivity index (χ2n) is 4.28. The maximum absolute atomic E-state index is 13.6. The largest absolute Gasteiger partial charge is 0.495 e. The van der Waals surface area contributed by atoms with Gasteiger partial charge in [0.15, 0.2) is 0 Å². The van der Waals surface area contributed by atoms with E-state index in [0.29, 0.717) is 22.2 Å². The van der Waals surface area contributed by atoms with Gasteiger partial charge in [-0.15, -0.1) is 0 Å². The molecule has 6 heteroatoms. The Morgan fingerprint density at radius 2 is 1.76 bits per heavy atom. The molecule has 3 nitrogen and oxygen atoms in total. The number of nitrogens with one attached hydrogen (secondary N) is 1. The SMILES string of the molecule is COc1cc(NCc2cc(F)ccc2F)c(OC)cc1Cl. The van der Waals surface area contributed by atoms with Crippen LogP contribution in [0.2, 0.25) is 5.02 Å². The molecule has 0 aliphatic rings. The molecule has 0 heterocycles. The Labute approximate surface area is 126 Å². The van der Waals surface area contributed by atoms with Crippen LogP contribution in [0, 0.1) is 11.6 Å². The summed E-state index contributed by atoms with van der Waals surface area (Å²) in [6.07, 6.45) is 0. The Bertz CT molecular complexity index is 650. The normalized spacial score (nSPS) is 10.3. The first-order chi connectivity index (χ1) is 10.0. The monoisotopic (exact) mass is 313 g/mol. The van der Waals surface area contributed by atoms with Crippen LogP contribution in [0.15, 0.2) is 30.3 Å². The van der Waals surface area contributed by atoms with E-state index in [4.69, 9.17) is 21.1 Å². The first-order valence-electron chi connectivity index (χ1n) is 6.14. The lowest BCUT2D eigenvalue weighted by Crippen LogP contribution is -2.04. The van der Waals surface area contributed by atoms with Crippen molar-refractivity contribution >= 4 is 17.3 Å². The van der Waals surface area contributed by atoms with Crippen LogP contribution in [0.3, 0.4) is 0 Å². The van der Waals surface area contributed by atoms with E-state index in [0.717, 1.165) is 18.2 Å². The first kappa shape index (κ1) is 15.4. The molecule has 0 saturated heterocycles. The minimum atomic E-state index is -0.492. The maximum atomic E-state index is 13.6. The van der Waals surface area contributed by atoms with Gasteiger partial charge >= 0.3 is 0 Å². The summed E-state index contributed by atoms with van der Waals surface area (Å²) in [5.41, 5.74) is 0.786. The van der Waals surface area contributed by atoms with Gasteiger partial charge in [0.2, 0.25) is 0 Å². The second kappa shape index (κ2) is 6.63. The van der Waals surface area contributed by atoms with Gasteiger partial charge in [0.1, 0.15) is 23.1 Å². The summed E-state index contributed by atoms with van der Waals surface area (Å²) >= 11 is 6.00. The van der Waals surface area contributed by atoms with E-state index < -0.39 is 11.6 Å². The Morgan fingerprint density at radius 1 is 1.05 bits per heavy atom. The van der Waals surface area contributed by atoms with Crippen molar-refractivity contribution in [3.63, 3.8) is 0 Å². The van der Waals surface area contributed by atoms with Crippen molar-refractivity contribution in [1.82, 2.24) is 0 Å². The van der Waals surface area contributed by atoms with Gasteiger partial charge in [-0.25, -0.2) is 8.78 Å². The molecule has 2 rings (SSSR count). The Morgan fingerprint density at radius 3 is 2.43 bits per heavy atom. The number of methoxy groups -OCH3 is 2. The third-order valence-electron chi connectivity index (χ3n) is 2.95. The maximum Gasteiger partial charge on any atom is 0.143 e. The molecule has 0 radical (unpaired) electrons. The molecule has 0 bridgehead atoms. The fraction of sp³-hybridized carbons (Fsp3) is 0.200. The minimum absolute atomic E-state index is 0.102. The molecule has 0 saturated carbocycles. The Balaban J connectivity index is 2.24. The predicted molar refractivity (Wildman–Crippen MR) is 78.2 cm³/mol. The molecular formula is C15H14ClF2NO2. The lowest BCUT2D eigenvalue weighted by Gasteiger charge is -2.14. The van der Waals surface area contributed by atoms with Crippen LogP contribution in [-0.4, -0.2) is 14.2 Å². The third-order valence-corrected chi connectivity index (χ3v) is 3.25. The van der Waals surface area contributed by atoms with E-state index >= 15 is 0 Å². The Hall–Kier alpha value is -2.01. The number of anilines is 1. The second-order valence-corrected chi connectivity index (χ2v) is 4.68. The average molecular weight is 314 g/mol. The highest BCUT2D eigenvalue weighted by atomic mass is 35.5. The van der Waals surface area contributed by atoms with E-state index in [9.17, 15) is 8.78 Å². The van der Waals surface area contributed by atoms with Crippen LogP contribution < -0.4 is 14.8 Å². The molecule has 0 aromatic heterocycles. The minimum Gasteiger partial charge on any atom is -0.495 e. The number of ether oxygens (including phenoxy) is 2. The van der Waals surface area contributed by atoms with Crippen molar-refractivity contribution in [3.05, 3.63) is 52.6 Å². The van der Waals surface area contributed by atoms with Crippen molar-refractivity contribution < 1.29 is 18.3 Å². The molecule has 0 unspecified atom stereocenters. The first-order valence-corrected chi connectivity index (χ1v) is 6.52. The highest BCUT2D eigenvalue weighted by molar-refractivity contribution is 6.32. The average Bonchev–Trinajstić information content (AvgIpc) is 2.48. The van der Waals surface area contributed by atoms with E-state index in [1.807, 2.05) is 0 Å². The van der Waals surface area contributed by atoms with E-state index in [-0.39, 0.29) is 12.1 Å². The molecule has 0 amide bonds. The van der Waals surface area contributed by atoms with Crippen molar-refractivity contribution in [2.24, 2.45) is 0 Å². The van der Waals surface area contributed by atoms with Crippen LogP contribution in [0.1, 0.15) is 5.56 Å². The molecule has 2 aromatic carbocycles. The number of halogens is 3. The van der Waals surface area contributed by atoms with Gasteiger partial charge < -0.3 is 14.8 Å². The van der Waals surface area contributed by atoms with Crippen LogP contribution in [0.25, 0.3) is 0 Å². The van der Waals surface area contributed by atoms with Crippen molar-refractivity contribution in [2.75, 3.05) is 19.5 Å². The highest BCUT2D eigenvalue weighted by Gasteiger charge is 2.11. The molecular weight excluding hydrogens is 300 g/mol. The lowest BCUT2D eigenvalue weighted by atomic mass is 10.2. The van der Waals surface area contributed by atoms with E-state index in [1.165, 1.54) is 14.2 Å². The fourth-order valence-electron chi connectivity index (χ4n) is 1.87. The van der Waals surface area contributed by atoms with Crippen molar-refractivity contribution in [3.8, 4) is 11.5 Å². The summed E-state index contributed by atoms with van der Waals surface area (Å²) in [6.45, 7) is 0.102. The molecule has 0 atom stereocenters. The topological polar surface area (TPSA) is 30.5 Å². The summed E-state index contributed by atoms with van der Waals surface area (Å²) in [5.74, 6) is -0.0325. The molecule has 0 aliphatic carbocycles. The van der Waals surface area contributed by atoms with Crippen LogP contribution >= 0.6 is 11.6 Å². The van der Waals surface area contributed by atoms with Gasteiger partial charge in [0.05, 0.1) is 24.9 Å². The lowest BCUT2D eigenvalue weighted by molar-refractivity contribution is 0.404. The van der Waals surface area contributed by atoms with Crippen molar-refractivity contribution in [2.45, 2.75) is 6.54 Å². The van der Waals surface area contributed by atoms with Gasteiger partial charge in [0, 0.05) is 24.2 Å². The zero-order valence-electron chi connectivity index (χ0n) is 11.5. The summed E-state index contributed by atoms with van der Waals surface area (Å²) in [6, 6.07) is 6.53. The van der Waals surface area contributed by atoms with Gasteiger partial charge in [-0.2, -0.15) is 0 Å². The smallest absolute Gasteiger partial charge is 0.143 e. The highest BCUT2D eigenvalue weighted by Crippen LogP contribution is 2.36. The van der Waals surface area contributed by atoms with Crippen LogP contribution in [0.5, 0.6) is 11.5 Å². The third kappa shape index (κ3) is 3.55. The summed E-state index contributed by atoms with van der Waals surface area (Å²) in [4.78, 5) is 0. The zero-order valence-corrected chi connectivity index (χ0v) is 12.3. The Kier molecular flexibility index (Phi) is 4.85. The van der Waals surface area contributed by atoms with Crippen LogP contribution in [0.4, 0.5) is 14.5 Å². The standard InChI is InChI=1S/C15H14ClF2NO2/c1-20-14-7-13(15(21-2)6-11(14)16)19-8-9-5-10(17)3-4-12(9)18/h3-7,19H,8H2,1-2H3. The molecule has 0 fully saturated rings. The number of hydrogen-bond acceptors (Lipinski definition) is 3. The zero-order chi connectivity index (χ0) is 15.4. The number of rotatable bonds is 5. The number of hydrogen-bond donors (Lipinski definition) is 1. The molecule has 0 spiro atoms.